The Labute approximate surface area is 287 Å². The Balaban J connectivity index is 1.22. The van der Waals surface area contributed by atoms with Crippen molar-refractivity contribution in [2.75, 3.05) is 26.8 Å². The van der Waals surface area contributed by atoms with E-state index in [1.165, 1.54) is 30.6 Å². The molecule has 0 radical (unpaired) electrons. The first-order chi connectivity index (χ1) is 23.8. The van der Waals surface area contributed by atoms with Crippen molar-refractivity contribution in [3.05, 3.63) is 96.3 Å². The Kier molecular flexibility index (Phi) is 12.3. The molecule has 10 nitrogen and oxygen atoms in total. The highest BCUT2D eigenvalue weighted by Gasteiger charge is 2.35. The van der Waals surface area contributed by atoms with Crippen molar-refractivity contribution in [3.8, 4) is 34.0 Å². The number of amides is 2. The van der Waals surface area contributed by atoms with Crippen molar-refractivity contribution in [1.82, 2.24) is 20.2 Å². The average molecular weight is 665 g/mol. The quantitative estimate of drug-likeness (QED) is 0.131. The molecule has 0 bridgehead atoms. The minimum atomic E-state index is -0.925. The zero-order valence-corrected chi connectivity index (χ0v) is 28.1. The van der Waals surface area contributed by atoms with E-state index in [9.17, 15) is 19.5 Å². The highest BCUT2D eigenvalue weighted by atomic mass is 16.5. The van der Waals surface area contributed by atoms with Crippen LogP contribution in [0, 0.1) is 5.92 Å². The molecule has 1 aliphatic rings. The van der Waals surface area contributed by atoms with E-state index in [1.807, 2.05) is 48.5 Å². The molecule has 0 unspecified atom stereocenters. The van der Waals surface area contributed by atoms with Crippen molar-refractivity contribution in [1.29, 1.82) is 0 Å². The number of rotatable bonds is 16. The van der Waals surface area contributed by atoms with Crippen LogP contribution in [0.3, 0.4) is 0 Å². The van der Waals surface area contributed by atoms with Crippen molar-refractivity contribution < 1.29 is 29.0 Å². The summed E-state index contributed by atoms with van der Waals surface area (Å²) in [6.45, 7) is 3.38. The lowest BCUT2D eigenvalue weighted by Gasteiger charge is -2.24. The predicted molar refractivity (Wildman–Crippen MR) is 187 cm³/mol. The maximum Gasteiger partial charge on any atom is 0.308 e. The Bertz CT molecular complexity index is 1680. The molecule has 3 aromatic carbocycles. The molecule has 5 rings (SSSR count). The third-order valence-corrected chi connectivity index (χ3v) is 8.81. The van der Waals surface area contributed by atoms with Gasteiger partial charge in [0.25, 0.3) is 5.91 Å². The van der Waals surface area contributed by atoms with Crippen molar-refractivity contribution in [3.63, 3.8) is 0 Å². The van der Waals surface area contributed by atoms with Gasteiger partial charge in [-0.1, -0.05) is 69.0 Å². The molecule has 0 spiro atoms. The Hall–Kier alpha value is -5.25. The van der Waals surface area contributed by atoms with Gasteiger partial charge in [0.2, 0.25) is 5.91 Å². The number of aliphatic carboxylic acids is 1. The van der Waals surface area contributed by atoms with Crippen molar-refractivity contribution in [2.24, 2.45) is 5.92 Å². The van der Waals surface area contributed by atoms with Gasteiger partial charge >= 0.3 is 5.97 Å². The molecule has 2 N–H and O–H groups in total. The Morgan fingerprint density at radius 1 is 0.857 bits per heavy atom. The molecule has 0 aliphatic carbocycles. The first kappa shape index (κ1) is 35.1. The van der Waals surface area contributed by atoms with Gasteiger partial charge in [0.1, 0.15) is 17.5 Å². The first-order valence-corrected chi connectivity index (χ1v) is 17.0. The fourth-order valence-corrected chi connectivity index (χ4v) is 5.86. The molecule has 10 heteroatoms. The summed E-state index contributed by atoms with van der Waals surface area (Å²) in [5.74, 6) is -0.221. The number of nitrogens with zero attached hydrogens (tertiary/aromatic N) is 3. The molecule has 2 atom stereocenters. The van der Waals surface area contributed by atoms with Gasteiger partial charge in [0.15, 0.2) is 5.82 Å². The van der Waals surface area contributed by atoms with Gasteiger partial charge in [-0.05, 0) is 60.4 Å². The monoisotopic (exact) mass is 664 g/mol. The normalized spacial score (nSPS) is 14.7. The third kappa shape index (κ3) is 9.65. The van der Waals surface area contributed by atoms with Crippen LogP contribution in [-0.4, -0.2) is 70.6 Å². The van der Waals surface area contributed by atoms with Crippen LogP contribution < -0.4 is 14.8 Å². The lowest BCUT2D eigenvalue weighted by atomic mass is 10.0. The highest BCUT2D eigenvalue weighted by molar-refractivity contribution is 5.98. The second-order valence-corrected chi connectivity index (χ2v) is 12.3. The molecule has 1 fully saturated rings. The Morgan fingerprint density at radius 2 is 1.51 bits per heavy atom. The van der Waals surface area contributed by atoms with Gasteiger partial charge in [-0.25, -0.2) is 9.97 Å². The molecule has 2 amide bonds. The second-order valence-electron chi connectivity index (χ2n) is 12.3. The molecule has 4 aromatic rings. The van der Waals surface area contributed by atoms with Gasteiger partial charge in [-0.15, -0.1) is 0 Å². The van der Waals surface area contributed by atoms with Crippen molar-refractivity contribution >= 4 is 17.8 Å². The average Bonchev–Trinajstić information content (AvgIpc) is 3.64. The highest BCUT2D eigenvalue weighted by Crippen LogP contribution is 2.24. The summed E-state index contributed by atoms with van der Waals surface area (Å²) in [5, 5.41) is 12.3. The summed E-state index contributed by atoms with van der Waals surface area (Å²) in [6, 6.07) is 21.3. The molecule has 1 saturated heterocycles. The van der Waals surface area contributed by atoms with E-state index in [-0.39, 0.29) is 18.9 Å². The van der Waals surface area contributed by atoms with E-state index in [2.05, 4.69) is 22.2 Å². The molecule has 1 aliphatic heterocycles. The number of carboxylic acid groups (broad SMARTS) is 1. The van der Waals surface area contributed by atoms with Crippen LogP contribution >= 0.6 is 0 Å². The van der Waals surface area contributed by atoms with Crippen LogP contribution in [0.25, 0.3) is 22.5 Å². The van der Waals surface area contributed by atoms with Crippen LogP contribution in [0.4, 0.5) is 0 Å². The number of benzene rings is 3. The third-order valence-electron chi connectivity index (χ3n) is 8.81. The molecule has 49 heavy (non-hydrogen) atoms. The zero-order valence-electron chi connectivity index (χ0n) is 28.1. The molecular weight excluding hydrogens is 620 g/mol. The topological polar surface area (TPSA) is 131 Å². The molecular formula is C39H44N4O6. The zero-order chi connectivity index (χ0) is 34.6. The number of carbonyl (C=O) groups is 3. The van der Waals surface area contributed by atoms with E-state index < -0.39 is 23.8 Å². The summed E-state index contributed by atoms with van der Waals surface area (Å²) >= 11 is 0. The van der Waals surface area contributed by atoms with E-state index in [0.717, 1.165) is 41.0 Å². The largest absolute Gasteiger partial charge is 0.497 e. The fraction of sp³-hybridized carbons (Fsp3) is 0.359. The summed E-state index contributed by atoms with van der Waals surface area (Å²) in [4.78, 5) is 49.0. The molecule has 256 valence electrons. The van der Waals surface area contributed by atoms with Gasteiger partial charge < -0.3 is 24.8 Å². The first-order valence-electron chi connectivity index (χ1n) is 17.0. The van der Waals surface area contributed by atoms with Crippen LogP contribution in [-0.2, 0) is 16.0 Å². The van der Waals surface area contributed by atoms with E-state index in [4.69, 9.17) is 9.47 Å². The van der Waals surface area contributed by atoms with Crippen LogP contribution in [0.2, 0.25) is 0 Å². The second kappa shape index (κ2) is 17.2. The number of hydrogen-bond acceptors (Lipinski definition) is 7. The SMILES string of the molecule is CCCCCCCOc1ccc(-c2cnc(-c3ccc(C[C@H](NC(=O)c4ccc(OC)cc4)C(=O)N4CC[C@H](C(=O)O)C4)cc3)nc2)cc1. The molecule has 0 saturated carbocycles. The van der Waals surface area contributed by atoms with Crippen LogP contribution in [0.15, 0.2) is 85.2 Å². The van der Waals surface area contributed by atoms with E-state index in [0.29, 0.717) is 30.1 Å². The molecule has 1 aromatic heterocycles. The number of likely N-dealkylation sites (tertiary alicyclic amines) is 1. The number of methoxy groups -OCH3 is 1. The summed E-state index contributed by atoms with van der Waals surface area (Å²) in [7, 11) is 1.55. The smallest absolute Gasteiger partial charge is 0.308 e. The van der Waals surface area contributed by atoms with Gasteiger partial charge in [0, 0.05) is 48.6 Å². The number of nitrogens with one attached hydrogen (secondary N) is 1. The fourth-order valence-electron chi connectivity index (χ4n) is 5.86. The number of carboxylic acids is 1. The lowest BCUT2D eigenvalue weighted by molar-refractivity contribution is -0.141. The van der Waals surface area contributed by atoms with Gasteiger partial charge in [-0.3, -0.25) is 14.4 Å². The maximum atomic E-state index is 13.6. The number of ether oxygens (including phenoxy) is 2. The standard InChI is InChI=1S/C39H44N4O6/c1-3-4-5-6-7-22-49-34-18-12-28(13-19-34)32-24-40-36(41-25-32)29-10-8-27(9-11-29)23-35(38(45)43-21-20-31(26-43)39(46)47)42-37(44)30-14-16-33(48-2)17-15-30/h8-19,24-25,31,35H,3-7,20-23,26H2,1-2H3,(H,42,44)(H,46,47)/t31-,35-/m0/s1. The van der Waals surface area contributed by atoms with Crippen LogP contribution in [0.5, 0.6) is 11.5 Å². The minimum absolute atomic E-state index is 0.118. The predicted octanol–water partition coefficient (Wildman–Crippen LogP) is 6.44. The number of unbranched alkanes of at least 4 members (excludes halogenated alkanes) is 4. The van der Waals surface area contributed by atoms with E-state index >= 15 is 0 Å². The molecule has 2 heterocycles. The minimum Gasteiger partial charge on any atom is -0.497 e. The van der Waals surface area contributed by atoms with E-state index in [1.54, 1.807) is 43.8 Å². The summed E-state index contributed by atoms with van der Waals surface area (Å²) in [6.07, 6.45) is 10.2. The maximum absolute atomic E-state index is 13.6. The van der Waals surface area contributed by atoms with Gasteiger partial charge in [-0.2, -0.15) is 0 Å². The van der Waals surface area contributed by atoms with Crippen molar-refractivity contribution in [2.45, 2.75) is 57.9 Å². The lowest BCUT2D eigenvalue weighted by Crippen LogP contribution is -2.49. The Morgan fingerprint density at radius 3 is 2.14 bits per heavy atom. The number of carbonyl (C=O) groups excluding carboxylic acids is 2. The van der Waals surface area contributed by atoms with Gasteiger partial charge in [0.05, 0.1) is 19.6 Å². The summed E-state index contributed by atoms with van der Waals surface area (Å²) < 4.78 is 11.1. The van der Waals surface area contributed by atoms with Crippen LogP contribution in [0.1, 0.15) is 61.4 Å². The summed E-state index contributed by atoms with van der Waals surface area (Å²) in [5.41, 5.74) is 3.92. The number of hydrogen-bond donors (Lipinski definition) is 2. The number of aromatic nitrogens is 2.